The molecule has 0 saturated heterocycles. The SMILES string of the molecule is Cc1nc(COc2cccc3c2CCCC3=O)oc1C. The van der Waals surface area contributed by atoms with Gasteiger partial charge in [-0.2, -0.15) is 0 Å². The predicted octanol–water partition coefficient (Wildman–Crippen LogP) is 3.39. The minimum absolute atomic E-state index is 0.208. The predicted molar refractivity (Wildman–Crippen MR) is 74.0 cm³/mol. The van der Waals surface area contributed by atoms with Crippen molar-refractivity contribution in [3.8, 4) is 5.75 Å². The molecule has 3 rings (SSSR count). The summed E-state index contributed by atoms with van der Waals surface area (Å²) in [5.41, 5.74) is 2.70. The van der Waals surface area contributed by atoms with Crippen molar-refractivity contribution >= 4 is 5.78 Å². The number of benzene rings is 1. The molecule has 20 heavy (non-hydrogen) atoms. The van der Waals surface area contributed by atoms with Crippen molar-refractivity contribution in [2.24, 2.45) is 0 Å². The Kier molecular flexibility index (Phi) is 3.30. The Morgan fingerprint density at radius 3 is 2.90 bits per heavy atom. The van der Waals surface area contributed by atoms with Crippen LogP contribution in [-0.2, 0) is 13.0 Å². The zero-order chi connectivity index (χ0) is 14.1. The summed E-state index contributed by atoms with van der Waals surface area (Å²) < 4.78 is 11.3. The molecule has 1 aliphatic carbocycles. The number of aromatic nitrogens is 1. The first kappa shape index (κ1) is 12.9. The third-order valence-electron chi connectivity index (χ3n) is 3.69. The Hall–Kier alpha value is -2.10. The van der Waals surface area contributed by atoms with Gasteiger partial charge < -0.3 is 9.15 Å². The van der Waals surface area contributed by atoms with Gasteiger partial charge in [0.05, 0.1) is 5.69 Å². The third kappa shape index (κ3) is 2.33. The van der Waals surface area contributed by atoms with E-state index in [1.165, 1.54) is 0 Å². The highest BCUT2D eigenvalue weighted by Crippen LogP contribution is 2.30. The number of Topliss-reactive ketones (excluding diaryl/α,β-unsaturated/α-hetero) is 1. The highest BCUT2D eigenvalue weighted by atomic mass is 16.5. The molecule has 0 radical (unpaired) electrons. The zero-order valence-electron chi connectivity index (χ0n) is 11.7. The Bertz CT molecular complexity index is 638. The molecule has 0 unspecified atom stereocenters. The topological polar surface area (TPSA) is 52.3 Å². The van der Waals surface area contributed by atoms with E-state index in [0.29, 0.717) is 18.9 Å². The summed E-state index contributed by atoms with van der Waals surface area (Å²) in [4.78, 5) is 16.2. The summed E-state index contributed by atoms with van der Waals surface area (Å²) in [6.45, 7) is 4.08. The van der Waals surface area contributed by atoms with Crippen molar-refractivity contribution < 1.29 is 13.9 Å². The lowest BCUT2D eigenvalue weighted by Crippen LogP contribution is -2.12. The van der Waals surface area contributed by atoms with Gasteiger partial charge in [0, 0.05) is 17.5 Å². The molecule has 1 heterocycles. The van der Waals surface area contributed by atoms with Crippen LogP contribution in [0.4, 0.5) is 0 Å². The van der Waals surface area contributed by atoms with Crippen molar-refractivity contribution in [3.05, 3.63) is 46.7 Å². The van der Waals surface area contributed by atoms with Crippen LogP contribution in [0.1, 0.15) is 46.1 Å². The molecular formula is C16H17NO3. The molecule has 2 aromatic rings. The number of rotatable bonds is 3. The van der Waals surface area contributed by atoms with Gasteiger partial charge in [-0.15, -0.1) is 0 Å². The number of oxazole rings is 1. The molecule has 1 aromatic heterocycles. The number of ketones is 1. The average molecular weight is 271 g/mol. The smallest absolute Gasteiger partial charge is 0.232 e. The summed E-state index contributed by atoms with van der Waals surface area (Å²) in [5, 5.41) is 0. The van der Waals surface area contributed by atoms with E-state index < -0.39 is 0 Å². The van der Waals surface area contributed by atoms with Crippen LogP contribution in [0, 0.1) is 13.8 Å². The van der Waals surface area contributed by atoms with Gasteiger partial charge in [0.25, 0.3) is 0 Å². The molecule has 0 atom stereocenters. The Labute approximate surface area is 117 Å². The molecule has 4 heteroatoms. The first-order chi connectivity index (χ1) is 9.65. The van der Waals surface area contributed by atoms with Crippen molar-refractivity contribution in [2.75, 3.05) is 0 Å². The van der Waals surface area contributed by atoms with E-state index in [1.54, 1.807) is 0 Å². The van der Waals surface area contributed by atoms with E-state index >= 15 is 0 Å². The second-order valence-corrected chi connectivity index (χ2v) is 5.10. The van der Waals surface area contributed by atoms with Crippen LogP contribution >= 0.6 is 0 Å². The standard InChI is InChI=1S/C16H17NO3/c1-10-11(2)20-16(17-10)9-19-15-8-4-5-12-13(15)6-3-7-14(12)18/h4-5,8H,3,6-7,9H2,1-2H3. The van der Waals surface area contributed by atoms with Crippen LogP contribution in [0.5, 0.6) is 5.75 Å². The van der Waals surface area contributed by atoms with E-state index in [1.807, 2.05) is 32.0 Å². The molecule has 1 aliphatic rings. The zero-order valence-corrected chi connectivity index (χ0v) is 11.7. The fourth-order valence-electron chi connectivity index (χ4n) is 2.52. The highest BCUT2D eigenvalue weighted by Gasteiger charge is 2.20. The number of hydrogen-bond acceptors (Lipinski definition) is 4. The van der Waals surface area contributed by atoms with Crippen molar-refractivity contribution in [3.63, 3.8) is 0 Å². The molecule has 0 N–H and O–H groups in total. The number of ether oxygens (including phenoxy) is 1. The van der Waals surface area contributed by atoms with Gasteiger partial charge >= 0.3 is 0 Å². The Morgan fingerprint density at radius 2 is 2.15 bits per heavy atom. The van der Waals surface area contributed by atoms with E-state index in [-0.39, 0.29) is 5.78 Å². The van der Waals surface area contributed by atoms with E-state index in [4.69, 9.17) is 9.15 Å². The van der Waals surface area contributed by atoms with Crippen LogP contribution in [0.15, 0.2) is 22.6 Å². The molecule has 0 spiro atoms. The summed E-state index contributed by atoms with van der Waals surface area (Å²) in [7, 11) is 0. The number of hydrogen-bond donors (Lipinski definition) is 0. The van der Waals surface area contributed by atoms with Crippen LogP contribution in [0.2, 0.25) is 0 Å². The molecule has 0 amide bonds. The normalized spacial score (nSPS) is 14.2. The van der Waals surface area contributed by atoms with E-state index in [9.17, 15) is 4.79 Å². The highest BCUT2D eigenvalue weighted by molar-refractivity contribution is 5.99. The summed E-state index contributed by atoms with van der Waals surface area (Å²) in [6.07, 6.45) is 2.42. The lowest BCUT2D eigenvalue weighted by molar-refractivity contribution is 0.0971. The monoisotopic (exact) mass is 271 g/mol. The minimum atomic E-state index is 0.208. The lowest BCUT2D eigenvalue weighted by atomic mass is 9.90. The van der Waals surface area contributed by atoms with Gasteiger partial charge in [-0.05, 0) is 32.8 Å². The van der Waals surface area contributed by atoms with Gasteiger partial charge in [-0.25, -0.2) is 4.98 Å². The largest absolute Gasteiger partial charge is 0.484 e. The summed E-state index contributed by atoms with van der Waals surface area (Å²) in [6, 6.07) is 5.65. The van der Waals surface area contributed by atoms with Gasteiger partial charge in [0.15, 0.2) is 12.4 Å². The molecule has 1 aromatic carbocycles. The number of nitrogens with zero attached hydrogens (tertiary/aromatic N) is 1. The van der Waals surface area contributed by atoms with Gasteiger partial charge in [0.1, 0.15) is 11.5 Å². The summed E-state index contributed by atoms with van der Waals surface area (Å²) >= 11 is 0. The number of carbonyl (C=O) groups excluding carboxylic acids is 1. The van der Waals surface area contributed by atoms with E-state index in [2.05, 4.69) is 4.98 Å². The van der Waals surface area contributed by atoms with Crippen molar-refractivity contribution in [1.29, 1.82) is 0 Å². The fraction of sp³-hybridized carbons (Fsp3) is 0.375. The first-order valence-electron chi connectivity index (χ1n) is 6.86. The third-order valence-corrected chi connectivity index (χ3v) is 3.69. The molecule has 4 nitrogen and oxygen atoms in total. The van der Waals surface area contributed by atoms with Crippen LogP contribution in [0.25, 0.3) is 0 Å². The number of fused-ring (bicyclic) bond motifs is 1. The lowest BCUT2D eigenvalue weighted by Gasteiger charge is -2.18. The Balaban J connectivity index is 1.81. The molecule has 0 bridgehead atoms. The maximum absolute atomic E-state index is 11.9. The summed E-state index contributed by atoms with van der Waals surface area (Å²) in [5.74, 6) is 2.36. The van der Waals surface area contributed by atoms with Crippen LogP contribution in [-0.4, -0.2) is 10.8 Å². The molecule has 104 valence electrons. The Morgan fingerprint density at radius 1 is 1.30 bits per heavy atom. The second kappa shape index (κ2) is 5.12. The molecule has 0 fully saturated rings. The van der Waals surface area contributed by atoms with E-state index in [0.717, 1.165) is 41.2 Å². The van der Waals surface area contributed by atoms with Gasteiger partial charge in [-0.1, -0.05) is 12.1 Å². The maximum Gasteiger partial charge on any atom is 0.232 e. The first-order valence-corrected chi connectivity index (χ1v) is 6.86. The van der Waals surface area contributed by atoms with Crippen LogP contribution < -0.4 is 4.74 Å². The number of carbonyl (C=O) groups is 1. The molecule has 0 saturated carbocycles. The van der Waals surface area contributed by atoms with Gasteiger partial charge in [-0.3, -0.25) is 4.79 Å². The maximum atomic E-state index is 11.9. The average Bonchev–Trinajstić information content (AvgIpc) is 2.76. The molecule has 0 aliphatic heterocycles. The van der Waals surface area contributed by atoms with Crippen LogP contribution in [0.3, 0.4) is 0 Å². The minimum Gasteiger partial charge on any atom is -0.484 e. The second-order valence-electron chi connectivity index (χ2n) is 5.10. The molecular weight excluding hydrogens is 254 g/mol. The van der Waals surface area contributed by atoms with Crippen molar-refractivity contribution in [2.45, 2.75) is 39.7 Å². The quantitative estimate of drug-likeness (QED) is 0.858. The van der Waals surface area contributed by atoms with Gasteiger partial charge in [0.2, 0.25) is 5.89 Å². The van der Waals surface area contributed by atoms with Crippen molar-refractivity contribution in [1.82, 2.24) is 4.98 Å². The number of aryl methyl sites for hydroxylation is 2. The fourth-order valence-corrected chi connectivity index (χ4v) is 2.52.